The highest BCUT2D eigenvalue weighted by Gasteiger charge is 2.19. The quantitative estimate of drug-likeness (QED) is 0.852. The third kappa shape index (κ3) is 4.24. The van der Waals surface area contributed by atoms with E-state index in [2.05, 4.69) is 27.7 Å². The van der Waals surface area contributed by atoms with E-state index in [9.17, 15) is 4.79 Å². The molecule has 1 saturated carbocycles. The minimum Gasteiger partial charge on any atom is -0.335 e. The molecule has 0 unspecified atom stereocenters. The summed E-state index contributed by atoms with van der Waals surface area (Å²) in [6.45, 7) is 1.48. The molecule has 1 aliphatic carbocycles. The topological polar surface area (TPSA) is 44.4 Å². The van der Waals surface area contributed by atoms with E-state index in [1.165, 1.54) is 17.5 Å². The Hall–Kier alpha value is -1.55. The highest BCUT2D eigenvalue weighted by molar-refractivity contribution is 5.74. The summed E-state index contributed by atoms with van der Waals surface area (Å²) in [5.74, 6) is 0. The number of rotatable bonds is 5. The maximum atomic E-state index is 11.7. The molecule has 0 bridgehead atoms. The van der Waals surface area contributed by atoms with E-state index in [4.69, 9.17) is 0 Å². The van der Waals surface area contributed by atoms with Crippen LogP contribution in [0.2, 0.25) is 0 Å². The predicted molar refractivity (Wildman–Crippen MR) is 76.8 cm³/mol. The van der Waals surface area contributed by atoms with Gasteiger partial charge in [0, 0.05) is 19.1 Å². The zero-order valence-electron chi connectivity index (χ0n) is 11.8. The van der Waals surface area contributed by atoms with Gasteiger partial charge < -0.3 is 15.5 Å². The molecule has 1 aliphatic rings. The molecule has 0 heterocycles. The van der Waals surface area contributed by atoms with Gasteiger partial charge in [-0.05, 0) is 44.5 Å². The smallest absolute Gasteiger partial charge is 0.315 e. The van der Waals surface area contributed by atoms with Crippen molar-refractivity contribution < 1.29 is 4.79 Å². The first-order valence-electron chi connectivity index (χ1n) is 6.91. The molecule has 0 aromatic heterocycles. The molecule has 1 fully saturated rings. The molecular formula is C15H23N3O. The minimum absolute atomic E-state index is 0.0515. The number of urea groups is 1. The van der Waals surface area contributed by atoms with E-state index in [0.29, 0.717) is 12.6 Å². The summed E-state index contributed by atoms with van der Waals surface area (Å²) in [5, 5.41) is 5.93. The van der Waals surface area contributed by atoms with Gasteiger partial charge in [-0.15, -0.1) is 0 Å². The second kappa shape index (κ2) is 6.57. The Labute approximate surface area is 115 Å². The summed E-state index contributed by atoms with van der Waals surface area (Å²) in [6, 6.07) is 8.57. The van der Waals surface area contributed by atoms with Gasteiger partial charge in [0.25, 0.3) is 0 Å². The lowest BCUT2D eigenvalue weighted by molar-refractivity contribution is 0.228. The van der Waals surface area contributed by atoms with Gasteiger partial charge in [0.2, 0.25) is 0 Å². The molecule has 4 nitrogen and oxygen atoms in total. The van der Waals surface area contributed by atoms with E-state index in [0.717, 1.165) is 19.4 Å². The van der Waals surface area contributed by atoms with Gasteiger partial charge in [0.1, 0.15) is 0 Å². The molecule has 2 rings (SSSR count). The molecular weight excluding hydrogens is 238 g/mol. The molecule has 4 heteroatoms. The molecule has 0 atom stereocenters. The Balaban J connectivity index is 1.85. The molecule has 1 aromatic carbocycles. The fourth-order valence-electron chi connectivity index (χ4n) is 2.19. The number of hydrogen-bond donors (Lipinski definition) is 2. The third-order valence-corrected chi connectivity index (χ3v) is 3.48. The second-order valence-electron chi connectivity index (χ2n) is 5.46. The lowest BCUT2D eigenvalue weighted by Gasteiger charge is -2.26. The van der Waals surface area contributed by atoms with Crippen molar-refractivity contribution in [1.82, 2.24) is 15.5 Å². The number of nitrogens with zero attached hydrogens (tertiary/aromatic N) is 1. The Kier molecular flexibility index (Phi) is 4.80. The van der Waals surface area contributed by atoms with E-state index < -0.39 is 0 Å². The van der Waals surface area contributed by atoms with Crippen molar-refractivity contribution in [2.75, 3.05) is 14.1 Å². The zero-order valence-corrected chi connectivity index (χ0v) is 11.8. The predicted octanol–water partition coefficient (Wildman–Crippen LogP) is 2.10. The normalized spacial score (nSPS) is 15.1. The van der Waals surface area contributed by atoms with Crippen molar-refractivity contribution in [3.05, 3.63) is 35.4 Å². The van der Waals surface area contributed by atoms with Crippen molar-refractivity contribution in [2.24, 2.45) is 0 Å². The summed E-state index contributed by atoms with van der Waals surface area (Å²) in [6.07, 6.45) is 3.46. The summed E-state index contributed by atoms with van der Waals surface area (Å²) in [7, 11) is 4.10. The summed E-state index contributed by atoms with van der Waals surface area (Å²) < 4.78 is 0. The number of hydrogen-bond acceptors (Lipinski definition) is 2. The van der Waals surface area contributed by atoms with E-state index in [1.54, 1.807) is 0 Å². The second-order valence-corrected chi connectivity index (χ2v) is 5.46. The SMILES string of the molecule is CN(C)Cc1ccccc1CNC(=O)NC1CCC1. The standard InChI is InChI=1S/C15H23N3O/c1-18(2)11-13-7-4-3-6-12(13)10-16-15(19)17-14-8-5-9-14/h3-4,6-7,14H,5,8-11H2,1-2H3,(H2,16,17,19). The number of carbonyl (C=O) groups is 1. The van der Waals surface area contributed by atoms with Crippen LogP contribution in [0.15, 0.2) is 24.3 Å². The van der Waals surface area contributed by atoms with Gasteiger partial charge in [0.05, 0.1) is 0 Å². The number of carbonyl (C=O) groups excluding carboxylic acids is 1. The number of benzene rings is 1. The van der Waals surface area contributed by atoms with Crippen molar-refractivity contribution in [3.63, 3.8) is 0 Å². The van der Waals surface area contributed by atoms with E-state index >= 15 is 0 Å². The molecule has 2 N–H and O–H groups in total. The molecule has 0 spiro atoms. The first-order valence-corrected chi connectivity index (χ1v) is 6.91. The van der Waals surface area contributed by atoms with Crippen molar-refractivity contribution in [1.29, 1.82) is 0 Å². The van der Waals surface area contributed by atoms with Crippen LogP contribution in [-0.4, -0.2) is 31.1 Å². The average molecular weight is 261 g/mol. The Morgan fingerprint density at radius 1 is 1.26 bits per heavy atom. The van der Waals surface area contributed by atoms with Crippen molar-refractivity contribution >= 4 is 6.03 Å². The van der Waals surface area contributed by atoms with Gasteiger partial charge in [-0.3, -0.25) is 0 Å². The van der Waals surface area contributed by atoms with Gasteiger partial charge in [0.15, 0.2) is 0 Å². The van der Waals surface area contributed by atoms with E-state index in [1.807, 2.05) is 26.2 Å². The van der Waals surface area contributed by atoms with Crippen LogP contribution in [-0.2, 0) is 13.1 Å². The fourth-order valence-corrected chi connectivity index (χ4v) is 2.19. The molecule has 2 amide bonds. The Bertz CT molecular complexity index is 427. The summed E-state index contributed by atoms with van der Waals surface area (Å²) in [4.78, 5) is 13.9. The zero-order chi connectivity index (χ0) is 13.7. The van der Waals surface area contributed by atoms with Crippen LogP contribution < -0.4 is 10.6 Å². The minimum atomic E-state index is -0.0515. The largest absolute Gasteiger partial charge is 0.335 e. The fraction of sp³-hybridized carbons (Fsp3) is 0.533. The lowest BCUT2D eigenvalue weighted by Crippen LogP contribution is -2.44. The lowest BCUT2D eigenvalue weighted by atomic mass is 9.93. The highest BCUT2D eigenvalue weighted by atomic mass is 16.2. The van der Waals surface area contributed by atoms with Gasteiger partial charge >= 0.3 is 6.03 Å². The van der Waals surface area contributed by atoms with Crippen LogP contribution in [0.25, 0.3) is 0 Å². The van der Waals surface area contributed by atoms with Gasteiger partial charge in [-0.2, -0.15) is 0 Å². The van der Waals surface area contributed by atoms with Crippen molar-refractivity contribution in [3.8, 4) is 0 Å². The van der Waals surface area contributed by atoms with Crippen LogP contribution >= 0.6 is 0 Å². The van der Waals surface area contributed by atoms with Crippen LogP contribution in [0, 0.1) is 0 Å². The third-order valence-electron chi connectivity index (χ3n) is 3.48. The van der Waals surface area contributed by atoms with E-state index in [-0.39, 0.29) is 6.03 Å². The summed E-state index contributed by atoms with van der Waals surface area (Å²) in [5.41, 5.74) is 2.44. The maximum Gasteiger partial charge on any atom is 0.315 e. The van der Waals surface area contributed by atoms with Gasteiger partial charge in [-0.25, -0.2) is 4.79 Å². The first-order chi connectivity index (χ1) is 9.15. The first kappa shape index (κ1) is 13.9. The van der Waals surface area contributed by atoms with Crippen LogP contribution in [0.1, 0.15) is 30.4 Å². The molecule has 104 valence electrons. The number of amides is 2. The molecule has 0 saturated heterocycles. The molecule has 19 heavy (non-hydrogen) atoms. The molecule has 0 radical (unpaired) electrons. The average Bonchev–Trinajstić information content (AvgIpc) is 2.32. The van der Waals surface area contributed by atoms with Gasteiger partial charge in [-0.1, -0.05) is 24.3 Å². The van der Waals surface area contributed by atoms with Crippen LogP contribution in [0.4, 0.5) is 4.79 Å². The van der Waals surface area contributed by atoms with Crippen LogP contribution in [0.5, 0.6) is 0 Å². The highest BCUT2D eigenvalue weighted by Crippen LogP contribution is 2.17. The Morgan fingerprint density at radius 3 is 2.53 bits per heavy atom. The molecule has 1 aromatic rings. The summed E-state index contributed by atoms with van der Waals surface area (Å²) >= 11 is 0. The van der Waals surface area contributed by atoms with Crippen LogP contribution in [0.3, 0.4) is 0 Å². The van der Waals surface area contributed by atoms with Crippen molar-refractivity contribution in [2.45, 2.75) is 38.4 Å². The maximum absolute atomic E-state index is 11.7. The monoisotopic (exact) mass is 261 g/mol. The number of nitrogens with one attached hydrogen (secondary N) is 2. The molecule has 0 aliphatic heterocycles. The Morgan fingerprint density at radius 2 is 1.95 bits per heavy atom.